The summed E-state index contributed by atoms with van der Waals surface area (Å²) in [4.78, 5) is 42.2. The van der Waals surface area contributed by atoms with Crippen LogP contribution < -0.4 is 15.1 Å². The second kappa shape index (κ2) is 8.51. The van der Waals surface area contributed by atoms with Gasteiger partial charge in [-0.3, -0.25) is 14.4 Å². The van der Waals surface area contributed by atoms with Crippen molar-refractivity contribution in [1.82, 2.24) is 0 Å². The fourth-order valence-electron chi connectivity index (χ4n) is 4.07. The number of rotatable bonds is 4. The van der Waals surface area contributed by atoms with E-state index in [1.165, 1.54) is 22.2 Å². The number of nitrogens with one attached hydrogen (secondary N) is 1. The lowest BCUT2D eigenvalue weighted by Gasteiger charge is -2.28. The van der Waals surface area contributed by atoms with Crippen molar-refractivity contribution in [3.05, 3.63) is 83.9 Å². The summed E-state index contributed by atoms with van der Waals surface area (Å²) in [5.74, 6) is -0.107. The van der Waals surface area contributed by atoms with Crippen LogP contribution in [0.4, 0.5) is 17.1 Å². The van der Waals surface area contributed by atoms with Gasteiger partial charge in [-0.25, -0.2) is 0 Å². The molecule has 160 valence electrons. The highest BCUT2D eigenvalue weighted by molar-refractivity contribution is 8.00. The fraction of sp³-hybridized carbons (Fsp3) is 0.160. The molecule has 32 heavy (non-hydrogen) atoms. The number of thioether (sulfide) groups is 1. The SMILES string of the molecule is O=C(CN1C(=O)CSc2ccccc21)Nc1ccc(C(=O)N2CCc3ccccc32)cc1. The molecular formula is C25H21N3O3S. The number of anilines is 3. The van der Waals surface area contributed by atoms with Gasteiger partial charge >= 0.3 is 0 Å². The van der Waals surface area contributed by atoms with E-state index in [4.69, 9.17) is 0 Å². The average molecular weight is 444 g/mol. The monoisotopic (exact) mass is 443 g/mol. The molecular weight excluding hydrogens is 422 g/mol. The topological polar surface area (TPSA) is 69.7 Å². The van der Waals surface area contributed by atoms with Crippen molar-refractivity contribution < 1.29 is 14.4 Å². The van der Waals surface area contributed by atoms with E-state index in [1.807, 2.05) is 48.5 Å². The smallest absolute Gasteiger partial charge is 0.258 e. The van der Waals surface area contributed by atoms with Crippen molar-refractivity contribution in [2.24, 2.45) is 0 Å². The molecule has 0 aromatic heterocycles. The van der Waals surface area contributed by atoms with Gasteiger partial charge in [-0.2, -0.15) is 0 Å². The molecule has 1 N–H and O–H groups in total. The van der Waals surface area contributed by atoms with Gasteiger partial charge in [0.2, 0.25) is 11.8 Å². The molecule has 0 atom stereocenters. The molecule has 5 rings (SSSR count). The van der Waals surface area contributed by atoms with Crippen LogP contribution in [0.3, 0.4) is 0 Å². The maximum Gasteiger partial charge on any atom is 0.258 e. The summed E-state index contributed by atoms with van der Waals surface area (Å²) in [5.41, 5.74) is 4.05. The Balaban J connectivity index is 1.25. The van der Waals surface area contributed by atoms with E-state index in [1.54, 1.807) is 29.2 Å². The van der Waals surface area contributed by atoms with E-state index >= 15 is 0 Å². The zero-order valence-electron chi connectivity index (χ0n) is 17.3. The van der Waals surface area contributed by atoms with Gasteiger partial charge in [-0.1, -0.05) is 30.3 Å². The Morgan fingerprint density at radius 1 is 0.906 bits per heavy atom. The van der Waals surface area contributed by atoms with Crippen molar-refractivity contribution in [2.45, 2.75) is 11.3 Å². The van der Waals surface area contributed by atoms with Crippen LogP contribution in [0.1, 0.15) is 15.9 Å². The number of carbonyl (C=O) groups is 3. The first kappa shape index (κ1) is 20.3. The number of para-hydroxylation sites is 2. The molecule has 2 heterocycles. The van der Waals surface area contributed by atoms with Gasteiger partial charge in [0.15, 0.2) is 0 Å². The molecule has 3 amide bonds. The lowest BCUT2D eigenvalue weighted by molar-refractivity contribution is -0.120. The zero-order chi connectivity index (χ0) is 22.1. The Morgan fingerprint density at radius 3 is 2.44 bits per heavy atom. The van der Waals surface area contributed by atoms with Crippen LogP contribution >= 0.6 is 11.8 Å². The quantitative estimate of drug-likeness (QED) is 0.663. The van der Waals surface area contributed by atoms with Gasteiger partial charge in [0.25, 0.3) is 5.91 Å². The first-order valence-electron chi connectivity index (χ1n) is 10.4. The first-order chi connectivity index (χ1) is 15.6. The summed E-state index contributed by atoms with van der Waals surface area (Å²) in [6.45, 7) is 0.613. The van der Waals surface area contributed by atoms with E-state index < -0.39 is 0 Å². The number of hydrogen-bond acceptors (Lipinski definition) is 4. The number of amides is 3. The van der Waals surface area contributed by atoms with E-state index in [0.717, 1.165) is 22.7 Å². The van der Waals surface area contributed by atoms with Crippen molar-refractivity contribution in [3.8, 4) is 0 Å². The third kappa shape index (κ3) is 3.87. The fourth-order valence-corrected chi connectivity index (χ4v) is 5.01. The molecule has 7 heteroatoms. The minimum Gasteiger partial charge on any atom is -0.325 e. The molecule has 6 nitrogen and oxygen atoms in total. The third-order valence-electron chi connectivity index (χ3n) is 5.66. The van der Waals surface area contributed by atoms with Crippen LogP contribution in [0.5, 0.6) is 0 Å². The largest absolute Gasteiger partial charge is 0.325 e. The van der Waals surface area contributed by atoms with E-state index in [0.29, 0.717) is 23.5 Å². The lowest BCUT2D eigenvalue weighted by atomic mass is 10.1. The zero-order valence-corrected chi connectivity index (χ0v) is 18.1. The highest BCUT2D eigenvalue weighted by Gasteiger charge is 2.27. The predicted molar refractivity (Wildman–Crippen MR) is 126 cm³/mol. The van der Waals surface area contributed by atoms with Gasteiger partial charge in [0.05, 0.1) is 11.4 Å². The molecule has 0 aliphatic carbocycles. The summed E-state index contributed by atoms with van der Waals surface area (Å²) in [6, 6.07) is 22.4. The maximum atomic E-state index is 13.0. The van der Waals surface area contributed by atoms with Crippen molar-refractivity contribution in [1.29, 1.82) is 0 Å². The van der Waals surface area contributed by atoms with Crippen LogP contribution in [-0.4, -0.2) is 36.6 Å². The minimum absolute atomic E-state index is 0.0539. The maximum absolute atomic E-state index is 13.0. The Morgan fingerprint density at radius 2 is 1.62 bits per heavy atom. The summed E-state index contributed by atoms with van der Waals surface area (Å²) < 4.78 is 0. The number of fused-ring (bicyclic) bond motifs is 2. The minimum atomic E-state index is -0.285. The number of hydrogen-bond donors (Lipinski definition) is 1. The van der Waals surface area contributed by atoms with Crippen molar-refractivity contribution >= 4 is 46.5 Å². The lowest BCUT2D eigenvalue weighted by Crippen LogP contribution is -2.41. The van der Waals surface area contributed by atoms with Crippen LogP contribution in [0.15, 0.2) is 77.7 Å². The Labute approximate surface area is 190 Å². The molecule has 0 spiro atoms. The summed E-state index contributed by atoms with van der Waals surface area (Å²) >= 11 is 1.48. The van der Waals surface area contributed by atoms with Gasteiger partial charge in [0.1, 0.15) is 6.54 Å². The highest BCUT2D eigenvalue weighted by Crippen LogP contribution is 2.34. The molecule has 0 unspecified atom stereocenters. The van der Waals surface area contributed by atoms with Crippen molar-refractivity contribution in [3.63, 3.8) is 0 Å². The third-order valence-corrected chi connectivity index (χ3v) is 6.71. The second-order valence-electron chi connectivity index (χ2n) is 7.70. The van der Waals surface area contributed by atoms with Crippen LogP contribution in [0, 0.1) is 0 Å². The van der Waals surface area contributed by atoms with Crippen LogP contribution in [0.2, 0.25) is 0 Å². The molecule has 0 bridgehead atoms. The van der Waals surface area contributed by atoms with Gasteiger partial charge in [-0.05, 0) is 54.4 Å². The summed E-state index contributed by atoms with van der Waals surface area (Å²) in [7, 11) is 0. The standard InChI is InChI=1S/C25H21N3O3S/c29-23(15-28-21-7-3-4-8-22(21)32-16-24(28)30)26-19-11-9-18(10-12-19)25(31)27-14-13-17-5-1-2-6-20(17)27/h1-12H,13-16H2,(H,26,29). The number of nitrogens with zero attached hydrogens (tertiary/aromatic N) is 2. The van der Waals surface area contributed by atoms with Crippen LogP contribution in [-0.2, 0) is 16.0 Å². The second-order valence-corrected chi connectivity index (χ2v) is 8.71. The Hall–Kier alpha value is -3.58. The van der Waals surface area contributed by atoms with Gasteiger partial charge in [-0.15, -0.1) is 11.8 Å². The summed E-state index contributed by atoms with van der Waals surface area (Å²) in [6.07, 6.45) is 0.854. The molecule has 0 saturated carbocycles. The molecule has 2 aliphatic rings. The molecule has 0 saturated heterocycles. The Bertz CT molecular complexity index is 1210. The number of carbonyl (C=O) groups excluding carboxylic acids is 3. The van der Waals surface area contributed by atoms with Crippen LogP contribution in [0.25, 0.3) is 0 Å². The molecule has 3 aromatic carbocycles. The average Bonchev–Trinajstić information content (AvgIpc) is 3.25. The molecule has 2 aliphatic heterocycles. The normalized spacial score (nSPS) is 14.7. The highest BCUT2D eigenvalue weighted by atomic mass is 32.2. The molecule has 0 fully saturated rings. The van der Waals surface area contributed by atoms with Crippen molar-refractivity contribution in [2.75, 3.05) is 34.0 Å². The van der Waals surface area contributed by atoms with Gasteiger partial charge in [0, 0.05) is 28.4 Å². The molecule has 3 aromatic rings. The predicted octanol–water partition coefficient (Wildman–Crippen LogP) is 3.97. The van der Waals surface area contributed by atoms with E-state index in [-0.39, 0.29) is 24.3 Å². The van der Waals surface area contributed by atoms with E-state index in [9.17, 15) is 14.4 Å². The Kier molecular flexibility index (Phi) is 5.41. The summed E-state index contributed by atoms with van der Waals surface area (Å²) in [5, 5.41) is 2.83. The van der Waals surface area contributed by atoms with E-state index in [2.05, 4.69) is 5.32 Å². The van der Waals surface area contributed by atoms with Gasteiger partial charge < -0.3 is 15.1 Å². The number of benzene rings is 3. The first-order valence-corrected chi connectivity index (χ1v) is 11.4. The molecule has 0 radical (unpaired) electrons.